The number of imidazole rings is 1. The molecular weight excluding hydrogens is 272 g/mol. The van der Waals surface area contributed by atoms with Crippen LogP contribution in [0.25, 0.3) is 6.08 Å². The molecule has 3 aromatic rings. The number of benzene rings is 2. The molecule has 108 valence electrons. The molecule has 0 spiro atoms. The molecule has 0 atom stereocenters. The van der Waals surface area contributed by atoms with Crippen LogP contribution in [0.1, 0.15) is 21.5 Å². The molecule has 1 aromatic heterocycles. The number of carbonyl (C=O) groups is 1. The minimum absolute atomic E-state index is 0.0121. The Morgan fingerprint density at radius 1 is 1.05 bits per heavy atom. The van der Waals surface area contributed by atoms with Gasteiger partial charge in [-0.15, -0.1) is 0 Å². The fourth-order valence-corrected chi connectivity index (χ4v) is 2.20. The van der Waals surface area contributed by atoms with E-state index < -0.39 is 0 Å². The van der Waals surface area contributed by atoms with Crippen LogP contribution < -0.4 is 0 Å². The molecule has 0 radical (unpaired) electrons. The number of nitrogens with zero attached hydrogens (tertiary/aromatic N) is 2. The molecular formula is C19H16N2O. The number of aromatic nitrogens is 2. The highest BCUT2D eigenvalue weighted by Crippen LogP contribution is 2.09. The summed E-state index contributed by atoms with van der Waals surface area (Å²) >= 11 is 0. The van der Waals surface area contributed by atoms with Gasteiger partial charge in [-0.2, -0.15) is 0 Å². The van der Waals surface area contributed by atoms with Crippen molar-refractivity contribution < 1.29 is 4.79 Å². The van der Waals surface area contributed by atoms with Crippen molar-refractivity contribution in [2.45, 2.75) is 6.54 Å². The largest absolute Gasteiger partial charge is 0.333 e. The second-order valence-corrected chi connectivity index (χ2v) is 5.04. The van der Waals surface area contributed by atoms with Crippen molar-refractivity contribution in [2.24, 2.45) is 0 Å². The average molecular weight is 288 g/mol. The second-order valence-electron chi connectivity index (χ2n) is 5.04. The van der Waals surface area contributed by atoms with E-state index in [4.69, 9.17) is 0 Å². The first-order chi connectivity index (χ1) is 10.8. The lowest BCUT2D eigenvalue weighted by molar-refractivity contribution is 0.104. The summed E-state index contributed by atoms with van der Waals surface area (Å²) in [4.78, 5) is 16.2. The third kappa shape index (κ3) is 3.58. The molecule has 3 nitrogen and oxygen atoms in total. The van der Waals surface area contributed by atoms with E-state index in [0.29, 0.717) is 5.56 Å². The van der Waals surface area contributed by atoms with E-state index in [-0.39, 0.29) is 5.78 Å². The molecule has 2 aromatic carbocycles. The predicted molar refractivity (Wildman–Crippen MR) is 87.6 cm³/mol. The highest BCUT2D eigenvalue weighted by molar-refractivity contribution is 6.06. The van der Waals surface area contributed by atoms with Gasteiger partial charge in [-0.1, -0.05) is 60.7 Å². The van der Waals surface area contributed by atoms with Gasteiger partial charge in [0, 0.05) is 24.5 Å². The maximum atomic E-state index is 12.1. The number of carbonyl (C=O) groups excluding carboxylic acids is 1. The highest BCUT2D eigenvalue weighted by atomic mass is 16.1. The smallest absolute Gasteiger partial charge is 0.185 e. The van der Waals surface area contributed by atoms with E-state index in [1.165, 1.54) is 0 Å². The molecule has 0 saturated carbocycles. The van der Waals surface area contributed by atoms with Gasteiger partial charge in [0.1, 0.15) is 0 Å². The minimum Gasteiger partial charge on any atom is -0.333 e. The first-order valence-electron chi connectivity index (χ1n) is 7.13. The van der Waals surface area contributed by atoms with Gasteiger partial charge < -0.3 is 4.57 Å². The fourth-order valence-electron chi connectivity index (χ4n) is 2.20. The monoisotopic (exact) mass is 288 g/mol. The van der Waals surface area contributed by atoms with E-state index in [9.17, 15) is 4.79 Å². The van der Waals surface area contributed by atoms with Crippen molar-refractivity contribution in [3.05, 3.63) is 96.1 Å². The van der Waals surface area contributed by atoms with Crippen molar-refractivity contribution >= 4 is 11.9 Å². The van der Waals surface area contributed by atoms with Crippen LogP contribution in [0.15, 0.2) is 79.4 Å². The van der Waals surface area contributed by atoms with E-state index in [1.807, 2.05) is 71.4 Å². The van der Waals surface area contributed by atoms with Crippen molar-refractivity contribution in [3.8, 4) is 0 Å². The number of hydrogen-bond acceptors (Lipinski definition) is 2. The lowest BCUT2D eigenvalue weighted by atomic mass is 10.1. The van der Waals surface area contributed by atoms with Gasteiger partial charge in [-0.25, -0.2) is 4.98 Å². The molecule has 22 heavy (non-hydrogen) atoms. The van der Waals surface area contributed by atoms with Gasteiger partial charge >= 0.3 is 0 Å². The van der Waals surface area contributed by atoms with Crippen molar-refractivity contribution in [1.82, 2.24) is 9.55 Å². The number of rotatable bonds is 5. The van der Waals surface area contributed by atoms with Crippen molar-refractivity contribution in [1.29, 1.82) is 0 Å². The number of hydrogen-bond donors (Lipinski definition) is 0. The van der Waals surface area contributed by atoms with E-state index in [2.05, 4.69) is 4.98 Å². The summed E-state index contributed by atoms with van der Waals surface area (Å²) in [5.74, 6) is 0.0121. The summed E-state index contributed by atoms with van der Waals surface area (Å²) in [5, 5.41) is 0. The quantitative estimate of drug-likeness (QED) is 0.528. The van der Waals surface area contributed by atoms with Gasteiger partial charge in [0.15, 0.2) is 5.78 Å². The summed E-state index contributed by atoms with van der Waals surface area (Å²) in [7, 11) is 0. The molecule has 0 N–H and O–H groups in total. The van der Waals surface area contributed by atoms with Gasteiger partial charge in [-0.3, -0.25) is 4.79 Å². The fraction of sp³-hybridized carbons (Fsp3) is 0.0526. The zero-order chi connectivity index (χ0) is 15.2. The van der Waals surface area contributed by atoms with Crippen LogP contribution in [-0.2, 0) is 6.54 Å². The highest BCUT2D eigenvalue weighted by Gasteiger charge is 2.02. The first kappa shape index (κ1) is 14.0. The topological polar surface area (TPSA) is 34.9 Å². The van der Waals surface area contributed by atoms with Crippen molar-refractivity contribution in [3.63, 3.8) is 0 Å². The molecule has 0 unspecified atom stereocenters. The van der Waals surface area contributed by atoms with Crippen LogP contribution in [0, 0.1) is 0 Å². The van der Waals surface area contributed by atoms with Crippen LogP contribution in [0.4, 0.5) is 0 Å². The standard InChI is InChI=1S/C19H16N2O/c22-19(11-8-16-4-2-1-3-5-16)18-9-6-17(7-10-18)14-21-13-12-20-15-21/h1-13,15H,14H2/b11-8+. The summed E-state index contributed by atoms with van der Waals surface area (Å²) in [6, 6.07) is 17.5. The minimum atomic E-state index is 0.0121. The lowest BCUT2D eigenvalue weighted by Gasteiger charge is -2.03. The van der Waals surface area contributed by atoms with E-state index in [0.717, 1.165) is 17.7 Å². The van der Waals surface area contributed by atoms with Crippen molar-refractivity contribution in [2.75, 3.05) is 0 Å². The van der Waals surface area contributed by atoms with Gasteiger partial charge in [-0.05, 0) is 17.2 Å². The maximum Gasteiger partial charge on any atom is 0.185 e. The Hall–Kier alpha value is -2.94. The number of allylic oxidation sites excluding steroid dienone is 1. The molecule has 0 bridgehead atoms. The molecule has 0 aliphatic rings. The first-order valence-corrected chi connectivity index (χ1v) is 7.13. The summed E-state index contributed by atoms with van der Waals surface area (Å²) in [6.07, 6.45) is 8.90. The zero-order valence-electron chi connectivity index (χ0n) is 12.1. The van der Waals surface area contributed by atoms with Crippen LogP contribution in [0.3, 0.4) is 0 Å². The molecule has 0 aliphatic carbocycles. The average Bonchev–Trinajstić information content (AvgIpc) is 3.07. The SMILES string of the molecule is O=C(/C=C/c1ccccc1)c1ccc(Cn2ccnc2)cc1. The van der Waals surface area contributed by atoms with E-state index >= 15 is 0 Å². The van der Waals surface area contributed by atoms with Crippen LogP contribution >= 0.6 is 0 Å². The lowest BCUT2D eigenvalue weighted by Crippen LogP contribution is -1.98. The van der Waals surface area contributed by atoms with Crippen LogP contribution in [-0.4, -0.2) is 15.3 Å². The maximum absolute atomic E-state index is 12.1. The zero-order valence-corrected chi connectivity index (χ0v) is 12.1. The number of ketones is 1. The van der Waals surface area contributed by atoms with Gasteiger partial charge in [0.25, 0.3) is 0 Å². The summed E-state index contributed by atoms with van der Waals surface area (Å²) in [6.45, 7) is 0.758. The van der Waals surface area contributed by atoms with Crippen LogP contribution in [0.5, 0.6) is 0 Å². The summed E-state index contributed by atoms with van der Waals surface area (Å²) < 4.78 is 1.99. The predicted octanol–water partition coefficient (Wildman–Crippen LogP) is 3.83. The Kier molecular flexibility index (Phi) is 4.25. The third-order valence-corrected chi connectivity index (χ3v) is 3.39. The van der Waals surface area contributed by atoms with E-state index in [1.54, 1.807) is 18.6 Å². The van der Waals surface area contributed by atoms with Gasteiger partial charge in [0.2, 0.25) is 0 Å². The Morgan fingerprint density at radius 3 is 2.50 bits per heavy atom. The third-order valence-electron chi connectivity index (χ3n) is 3.39. The molecule has 1 heterocycles. The Bertz CT molecular complexity index is 757. The molecule has 0 amide bonds. The molecule has 3 rings (SSSR count). The van der Waals surface area contributed by atoms with Crippen LogP contribution in [0.2, 0.25) is 0 Å². The molecule has 0 aliphatic heterocycles. The molecule has 0 saturated heterocycles. The Balaban J connectivity index is 1.67. The second kappa shape index (κ2) is 6.68. The summed E-state index contributed by atoms with van der Waals surface area (Å²) in [5.41, 5.74) is 2.86. The molecule has 3 heteroatoms. The Morgan fingerprint density at radius 2 is 1.82 bits per heavy atom. The molecule has 0 fully saturated rings. The Labute approximate surface area is 129 Å². The normalized spacial score (nSPS) is 10.9. The van der Waals surface area contributed by atoms with Gasteiger partial charge in [0.05, 0.1) is 6.33 Å².